The standard InChI is InChI=1S/C10H16O2/c1-6-5-7-3-4-8(9(7)11)10(6,2)12/h7-9,11-12H,1,3-5H2,2H3/t7-,8-,9-,10-/m1/s1. The maximum atomic E-state index is 10.0. The van der Waals surface area contributed by atoms with Gasteiger partial charge >= 0.3 is 0 Å². The minimum Gasteiger partial charge on any atom is -0.392 e. The van der Waals surface area contributed by atoms with Crippen LogP contribution in [0.2, 0.25) is 0 Å². The summed E-state index contributed by atoms with van der Waals surface area (Å²) in [5.41, 5.74) is 0.0761. The van der Waals surface area contributed by atoms with E-state index >= 15 is 0 Å². The largest absolute Gasteiger partial charge is 0.392 e. The molecule has 0 spiro atoms. The predicted molar refractivity (Wildman–Crippen MR) is 46.6 cm³/mol. The summed E-state index contributed by atoms with van der Waals surface area (Å²) in [7, 11) is 0. The van der Waals surface area contributed by atoms with Crippen LogP contribution in [0.4, 0.5) is 0 Å². The molecule has 0 aliphatic heterocycles. The van der Waals surface area contributed by atoms with Crippen molar-refractivity contribution in [3.63, 3.8) is 0 Å². The van der Waals surface area contributed by atoms with Crippen molar-refractivity contribution in [1.29, 1.82) is 0 Å². The molecule has 12 heavy (non-hydrogen) atoms. The van der Waals surface area contributed by atoms with Crippen molar-refractivity contribution in [2.24, 2.45) is 11.8 Å². The summed E-state index contributed by atoms with van der Waals surface area (Å²) in [5, 5.41) is 19.8. The Morgan fingerprint density at radius 2 is 2.17 bits per heavy atom. The second-order valence-corrected chi connectivity index (χ2v) is 4.39. The molecule has 0 amide bonds. The number of aliphatic hydroxyl groups is 2. The Morgan fingerprint density at radius 3 is 2.83 bits per heavy atom. The van der Waals surface area contributed by atoms with Crippen molar-refractivity contribution >= 4 is 0 Å². The first-order valence-corrected chi connectivity index (χ1v) is 4.62. The van der Waals surface area contributed by atoms with Gasteiger partial charge in [-0.05, 0) is 37.7 Å². The Morgan fingerprint density at radius 1 is 1.50 bits per heavy atom. The summed E-state index contributed by atoms with van der Waals surface area (Å²) in [5.74, 6) is 0.395. The van der Waals surface area contributed by atoms with Crippen LogP contribution in [0.5, 0.6) is 0 Å². The average Bonchev–Trinajstić information content (AvgIpc) is 2.27. The van der Waals surface area contributed by atoms with Gasteiger partial charge in [-0.1, -0.05) is 6.58 Å². The molecule has 0 aromatic rings. The zero-order chi connectivity index (χ0) is 8.93. The summed E-state index contributed by atoms with van der Waals surface area (Å²) in [6.45, 7) is 5.66. The molecule has 0 aromatic heterocycles. The third-order valence-electron chi connectivity index (χ3n) is 3.69. The quantitative estimate of drug-likeness (QED) is 0.531. The fourth-order valence-corrected chi connectivity index (χ4v) is 2.69. The van der Waals surface area contributed by atoms with Gasteiger partial charge in [-0.3, -0.25) is 0 Å². The summed E-state index contributed by atoms with van der Waals surface area (Å²) < 4.78 is 0. The van der Waals surface area contributed by atoms with E-state index in [2.05, 4.69) is 6.58 Å². The summed E-state index contributed by atoms with van der Waals surface area (Å²) in [4.78, 5) is 0. The monoisotopic (exact) mass is 168 g/mol. The molecule has 2 fully saturated rings. The molecule has 4 atom stereocenters. The minimum atomic E-state index is -0.827. The van der Waals surface area contributed by atoms with Crippen molar-refractivity contribution in [2.75, 3.05) is 0 Å². The Balaban J connectivity index is 2.32. The van der Waals surface area contributed by atoms with Crippen LogP contribution in [-0.4, -0.2) is 21.9 Å². The molecule has 2 aliphatic carbocycles. The summed E-state index contributed by atoms with van der Waals surface area (Å²) in [6, 6.07) is 0. The van der Waals surface area contributed by atoms with E-state index in [1.807, 2.05) is 0 Å². The first-order valence-electron chi connectivity index (χ1n) is 4.62. The third-order valence-corrected chi connectivity index (χ3v) is 3.69. The molecule has 2 heteroatoms. The lowest BCUT2D eigenvalue weighted by atomic mass is 9.72. The fraction of sp³-hybridized carbons (Fsp3) is 0.800. The van der Waals surface area contributed by atoms with E-state index in [0.29, 0.717) is 5.92 Å². The van der Waals surface area contributed by atoms with Crippen LogP contribution in [0.3, 0.4) is 0 Å². The van der Waals surface area contributed by atoms with E-state index in [1.54, 1.807) is 6.92 Å². The molecule has 68 valence electrons. The van der Waals surface area contributed by atoms with E-state index in [9.17, 15) is 10.2 Å². The van der Waals surface area contributed by atoms with Gasteiger partial charge in [0.05, 0.1) is 11.7 Å². The molecule has 2 rings (SSSR count). The first-order chi connectivity index (χ1) is 5.53. The summed E-state index contributed by atoms with van der Waals surface area (Å²) in [6.07, 6.45) is 2.48. The van der Waals surface area contributed by atoms with Gasteiger partial charge < -0.3 is 10.2 Å². The molecule has 0 aromatic carbocycles. The van der Waals surface area contributed by atoms with E-state index < -0.39 is 5.60 Å². The van der Waals surface area contributed by atoms with Gasteiger partial charge in [0, 0.05) is 5.92 Å². The second-order valence-electron chi connectivity index (χ2n) is 4.39. The Labute approximate surface area is 72.9 Å². The molecule has 2 saturated carbocycles. The van der Waals surface area contributed by atoms with E-state index in [1.165, 1.54) is 0 Å². The van der Waals surface area contributed by atoms with Crippen molar-refractivity contribution in [1.82, 2.24) is 0 Å². The topological polar surface area (TPSA) is 40.5 Å². The van der Waals surface area contributed by atoms with Crippen LogP contribution >= 0.6 is 0 Å². The number of rotatable bonds is 0. The van der Waals surface area contributed by atoms with E-state index in [0.717, 1.165) is 24.8 Å². The molecule has 0 unspecified atom stereocenters. The lowest BCUT2D eigenvalue weighted by molar-refractivity contribution is -0.0522. The predicted octanol–water partition coefficient (Wildman–Crippen LogP) is 1.08. The highest BCUT2D eigenvalue weighted by Crippen LogP contribution is 2.49. The minimum absolute atomic E-state index is 0.0312. The second kappa shape index (κ2) is 2.33. The molecular formula is C10H16O2. The molecule has 0 radical (unpaired) electrons. The van der Waals surface area contributed by atoms with Crippen molar-refractivity contribution in [3.8, 4) is 0 Å². The van der Waals surface area contributed by atoms with Gasteiger partial charge in [-0.2, -0.15) is 0 Å². The maximum absolute atomic E-state index is 10.0. The third kappa shape index (κ3) is 0.882. The number of aliphatic hydroxyl groups excluding tert-OH is 1. The molecule has 2 bridgehead atoms. The first kappa shape index (κ1) is 8.27. The highest BCUT2D eigenvalue weighted by molar-refractivity contribution is 5.21. The smallest absolute Gasteiger partial charge is 0.0879 e. The van der Waals surface area contributed by atoms with Gasteiger partial charge in [0.25, 0.3) is 0 Å². The molecule has 2 aliphatic rings. The maximum Gasteiger partial charge on any atom is 0.0879 e. The zero-order valence-electron chi connectivity index (χ0n) is 7.45. The Hall–Kier alpha value is -0.340. The van der Waals surface area contributed by atoms with Crippen molar-refractivity contribution in [3.05, 3.63) is 12.2 Å². The van der Waals surface area contributed by atoms with Gasteiger partial charge in [-0.15, -0.1) is 0 Å². The highest BCUT2D eigenvalue weighted by Gasteiger charge is 2.50. The highest BCUT2D eigenvalue weighted by atomic mass is 16.3. The van der Waals surface area contributed by atoms with Gasteiger partial charge in [0.1, 0.15) is 0 Å². The molecule has 2 nitrogen and oxygen atoms in total. The molecule has 0 heterocycles. The number of hydrogen-bond acceptors (Lipinski definition) is 2. The van der Waals surface area contributed by atoms with E-state index in [4.69, 9.17) is 0 Å². The molecule has 2 N–H and O–H groups in total. The van der Waals surface area contributed by atoms with Gasteiger partial charge in [0.15, 0.2) is 0 Å². The van der Waals surface area contributed by atoms with Gasteiger partial charge in [-0.25, -0.2) is 0 Å². The van der Waals surface area contributed by atoms with Crippen LogP contribution in [0.15, 0.2) is 12.2 Å². The summed E-state index contributed by atoms with van der Waals surface area (Å²) >= 11 is 0. The zero-order valence-corrected chi connectivity index (χ0v) is 7.45. The van der Waals surface area contributed by atoms with Crippen molar-refractivity contribution in [2.45, 2.75) is 37.9 Å². The van der Waals surface area contributed by atoms with Gasteiger partial charge in [0.2, 0.25) is 0 Å². The Bertz CT molecular complexity index is 220. The number of fused-ring (bicyclic) bond motifs is 2. The normalized spacial score (nSPS) is 52.9. The lowest BCUT2D eigenvalue weighted by Gasteiger charge is -2.40. The van der Waals surface area contributed by atoms with Crippen LogP contribution in [0.1, 0.15) is 26.2 Å². The SMILES string of the molecule is C=C1C[C@H]2CC[C@H]([C@@H]2O)[C@]1(C)O. The van der Waals surface area contributed by atoms with Crippen LogP contribution in [-0.2, 0) is 0 Å². The van der Waals surface area contributed by atoms with Crippen LogP contribution in [0.25, 0.3) is 0 Å². The Kier molecular flexibility index (Phi) is 1.61. The van der Waals surface area contributed by atoms with Crippen molar-refractivity contribution < 1.29 is 10.2 Å². The fourth-order valence-electron chi connectivity index (χ4n) is 2.69. The molecule has 0 saturated heterocycles. The van der Waals surface area contributed by atoms with Crippen LogP contribution in [0, 0.1) is 11.8 Å². The van der Waals surface area contributed by atoms with E-state index in [-0.39, 0.29) is 12.0 Å². The number of hydrogen-bond donors (Lipinski definition) is 2. The molecular weight excluding hydrogens is 152 g/mol. The van der Waals surface area contributed by atoms with Crippen LogP contribution < -0.4 is 0 Å². The average molecular weight is 168 g/mol. The lowest BCUT2D eigenvalue weighted by Crippen LogP contribution is -2.46.